The third-order valence-electron chi connectivity index (χ3n) is 5.04. The van der Waals surface area contributed by atoms with Gasteiger partial charge in [0.1, 0.15) is 0 Å². The number of tetrazole rings is 1. The summed E-state index contributed by atoms with van der Waals surface area (Å²) in [7, 11) is 0. The molecular formula is C23H19N5OS2. The molecule has 5 rings (SSSR count). The van der Waals surface area contributed by atoms with Gasteiger partial charge in [-0.15, -0.1) is 5.10 Å². The van der Waals surface area contributed by atoms with E-state index in [0.717, 1.165) is 38.0 Å². The maximum atomic E-state index is 13.4. The Labute approximate surface area is 188 Å². The molecule has 0 saturated heterocycles. The SMILES string of the molecule is Cc1ccc(C)c(-n2nnnc2SCC(=O)N2c3ccccc3Sc3ccccc32)c1. The Bertz CT molecular complexity index is 1240. The largest absolute Gasteiger partial charge is 0.278 e. The standard InChI is InChI=1S/C23H19N5OS2/c1-15-11-12-16(2)19(13-15)28-23(24-25-26-28)30-14-22(29)27-17-7-3-5-9-20(17)31-21-10-6-4-8-18(21)27/h3-13H,14H2,1-2H3. The molecule has 6 nitrogen and oxygen atoms in total. The van der Waals surface area contributed by atoms with Crippen LogP contribution in [-0.2, 0) is 4.79 Å². The number of anilines is 2. The Hall–Kier alpha value is -3.10. The van der Waals surface area contributed by atoms with Crippen molar-refractivity contribution in [1.29, 1.82) is 0 Å². The van der Waals surface area contributed by atoms with Crippen LogP contribution in [0.1, 0.15) is 11.1 Å². The lowest BCUT2D eigenvalue weighted by Gasteiger charge is -2.30. The highest BCUT2D eigenvalue weighted by Crippen LogP contribution is 2.48. The van der Waals surface area contributed by atoms with Gasteiger partial charge in [-0.25, -0.2) is 0 Å². The first-order valence-corrected chi connectivity index (χ1v) is 11.6. The van der Waals surface area contributed by atoms with Crippen LogP contribution < -0.4 is 4.90 Å². The summed E-state index contributed by atoms with van der Waals surface area (Å²) in [6.45, 7) is 4.06. The van der Waals surface area contributed by atoms with E-state index in [1.165, 1.54) is 11.8 Å². The number of hydrogen-bond donors (Lipinski definition) is 0. The molecule has 0 bridgehead atoms. The molecule has 1 aliphatic rings. The van der Waals surface area contributed by atoms with E-state index in [1.807, 2.05) is 74.5 Å². The van der Waals surface area contributed by atoms with Crippen LogP contribution in [0, 0.1) is 13.8 Å². The first-order valence-electron chi connectivity index (χ1n) is 9.79. The number of fused-ring (bicyclic) bond motifs is 2. The minimum Gasteiger partial charge on any atom is -0.278 e. The molecule has 0 saturated carbocycles. The third kappa shape index (κ3) is 3.73. The Morgan fingerprint density at radius 3 is 2.32 bits per heavy atom. The van der Waals surface area contributed by atoms with Crippen LogP contribution in [0.3, 0.4) is 0 Å². The molecule has 0 N–H and O–H groups in total. The number of aromatic nitrogens is 4. The quantitative estimate of drug-likeness (QED) is 0.402. The van der Waals surface area contributed by atoms with Crippen LogP contribution in [0.25, 0.3) is 5.69 Å². The first kappa shape index (κ1) is 19.8. The predicted molar refractivity (Wildman–Crippen MR) is 124 cm³/mol. The first-order chi connectivity index (χ1) is 15.1. The molecule has 2 heterocycles. The van der Waals surface area contributed by atoms with Crippen molar-refractivity contribution in [2.45, 2.75) is 28.8 Å². The summed E-state index contributed by atoms with van der Waals surface area (Å²) in [4.78, 5) is 17.3. The van der Waals surface area contributed by atoms with Crippen molar-refractivity contribution in [3.8, 4) is 5.69 Å². The summed E-state index contributed by atoms with van der Waals surface area (Å²) in [6.07, 6.45) is 0. The van der Waals surface area contributed by atoms with Gasteiger partial charge in [0.15, 0.2) is 0 Å². The fourth-order valence-corrected chi connectivity index (χ4v) is 5.32. The Morgan fingerprint density at radius 1 is 0.935 bits per heavy atom. The average Bonchev–Trinajstić information content (AvgIpc) is 3.25. The van der Waals surface area contributed by atoms with Crippen molar-refractivity contribution in [3.63, 3.8) is 0 Å². The van der Waals surface area contributed by atoms with E-state index in [-0.39, 0.29) is 11.7 Å². The molecule has 3 aromatic carbocycles. The number of benzene rings is 3. The second-order valence-electron chi connectivity index (χ2n) is 7.22. The molecule has 1 amide bonds. The zero-order chi connectivity index (χ0) is 21.4. The van der Waals surface area contributed by atoms with Gasteiger partial charge in [-0.3, -0.25) is 9.69 Å². The van der Waals surface area contributed by atoms with Crippen molar-refractivity contribution in [2.24, 2.45) is 0 Å². The summed E-state index contributed by atoms with van der Waals surface area (Å²) in [5.74, 6) is 0.208. The van der Waals surface area contributed by atoms with E-state index in [2.05, 4.69) is 21.6 Å². The zero-order valence-electron chi connectivity index (χ0n) is 17.0. The average molecular weight is 446 g/mol. The van der Waals surface area contributed by atoms with Gasteiger partial charge in [-0.2, -0.15) is 4.68 Å². The molecule has 31 heavy (non-hydrogen) atoms. The van der Waals surface area contributed by atoms with E-state index in [4.69, 9.17) is 0 Å². The van der Waals surface area contributed by atoms with Crippen molar-refractivity contribution in [2.75, 3.05) is 10.7 Å². The topological polar surface area (TPSA) is 63.9 Å². The minimum absolute atomic E-state index is 0.0132. The smallest absolute Gasteiger partial charge is 0.242 e. The molecule has 0 aliphatic carbocycles. The summed E-state index contributed by atoms with van der Waals surface area (Å²) in [6, 6.07) is 22.1. The fourth-order valence-electron chi connectivity index (χ4n) is 3.53. The summed E-state index contributed by atoms with van der Waals surface area (Å²) in [5.41, 5.74) is 4.94. The second kappa shape index (κ2) is 8.20. The lowest BCUT2D eigenvalue weighted by Crippen LogP contribution is -2.30. The number of aryl methyl sites for hydroxylation is 2. The number of hydrogen-bond acceptors (Lipinski definition) is 6. The monoisotopic (exact) mass is 445 g/mol. The molecule has 0 fully saturated rings. The van der Waals surface area contributed by atoms with Gasteiger partial charge >= 0.3 is 0 Å². The summed E-state index contributed by atoms with van der Waals surface area (Å²) >= 11 is 3.03. The minimum atomic E-state index is -0.0132. The third-order valence-corrected chi connectivity index (χ3v) is 7.07. The number of carbonyl (C=O) groups is 1. The number of para-hydroxylation sites is 2. The Morgan fingerprint density at radius 2 is 1.61 bits per heavy atom. The van der Waals surface area contributed by atoms with E-state index < -0.39 is 0 Å². The van der Waals surface area contributed by atoms with Crippen LogP contribution in [-0.4, -0.2) is 31.9 Å². The van der Waals surface area contributed by atoms with Crippen molar-refractivity contribution >= 4 is 40.8 Å². The highest BCUT2D eigenvalue weighted by Gasteiger charge is 2.28. The van der Waals surface area contributed by atoms with Gasteiger partial charge in [0, 0.05) is 9.79 Å². The Kier molecular flexibility index (Phi) is 5.25. The predicted octanol–water partition coefficient (Wildman–Crippen LogP) is 5.20. The van der Waals surface area contributed by atoms with Gasteiger partial charge in [-0.05, 0) is 65.7 Å². The lowest BCUT2D eigenvalue weighted by molar-refractivity contribution is -0.115. The fraction of sp³-hybridized carbons (Fsp3) is 0.130. The molecule has 4 aromatic rings. The number of rotatable bonds is 4. The molecule has 154 valence electrons. The molecule has 0 radical (unpaired) electrons. The van der Waals surface area contributed by atoms with Gasteiger partial charge < -0.3 is 0 Å². The van der Waals surface area contributed by atoms with Crippen molar-refractivity contribution < 1.29 is 4.79 Å². The van der Waals surface area contributed by atoms with Gasteiger partial charge in [0.25, 0.3) is 0 Å². The maximum absolute atomic E-state index is 13.4. The summed E-state index contributed by atoms with van der Waals surface area (Å²) in [5, 5.41) is 12.8. The van der Waals surface area contributed by atoms with Crippen LogP contribution in [0.2, 0.25) is 0 Å². The molecule has 0 spiro atoms. The van der Waals surface area contributed by atoms with Crippen LogP contribution >= 0.6 is 23.5 Å². The number of thioether (sulfide) groups is 1. The van der Waals surface area contributed by atoms with Gasteiger partial charge in [0.05, 0.1) is 22.8 Å². The van der Waals surface area contributed by atoms with E-state index in [9.17, 15) is 4.79 Å². The van der Waals surface area contributed by atoms with Crippen LogP contribution in [0.5, 0.6) is 0 Å². The van der Waals surface area contributed by atoms with Crippen LogP contribution in [0.15, 0.2) is 81.7 Å². The molecule has 1 aromatic heterocycles. The number of amides is 1. The number of nitrogens with zero attached hydrogens (tertiary/aromatic N) is 5. The lowest BCUT2D eigenvalue weighted by atomic mass is 10.1. The molecule has 8 heteroatoms. The summed E-state index contributed by atoms with van der Waals surface area (Å²) < 4.78 is 1.70. The van der Waals surface area contributed by atoms with Gasteiger partial charge in [0.2, 0.25) is 11.1 Å². The van der Waals surface area contributed by atoms with E-state index >= 15 is 0 Å². The molecule has 0 atom stereocenters. The molecular weight excluding hydrogens is 426 g/mol. The van der Waals surface area contributed by atoms with Crippen LogP contribution in [0.4, 0.5) is 11.4 Å². The normalized spacial score (nSPS) is 12.4. The highest BCUT2D eigenvalue weighted by molar-refractivity contribution is 8.00. The van der Waals surface area contributed by atoms with E-state index in [0.29, 0.717) is 5.16 Å². The highest BCUT2D eigenvalue weighted by atomic mass is 32.2. The van der Waals surface area contributed by atoms with Gasteiger partial charge in [-0.1, -0.05) is 59.9 Å². The maximum Gasteiger partial charge on any atom is 0.242 e. The van der Waals surface area contributed by atoms with Crippen molar-refractivity contribution in [1.82, 2.24) is 20.2 Å². The second-order valence-corrected chi connectivity index (χ2v) is 9.24. The zero-order valence-corrected chi connectivity index (χ0v) is 18.7. The van der Waals surface area contributed by atoms with E-state index in [1.54, 1.807) is 21.3 Å². The number of carbonyl (C=O) groups excluding carboxylic acids is 1. The Balaban J connectivity index is 1.43. The molecule has 1 aliphatic heterocycles. The van der Waals surface area contributed by atoms with Crippen molar-refractivity contribution in [3.05, 3.63) is 77.9 Å². The molecule has 0 unspecified atom stereocenters.